The maximum atomic E-state index is 12.5. The Morgan fingerprint density at radius 1 is 1.18 bits per heavy atom. The number of benzene rings is 1. The second kappa shape index (κ2) is 7.90. The molecule has 3 rings (SSSR count). The molecule has 1 aromatic carbocycles. The van der Waals surface area contributed by atoms with Crippen molar-refractivity contribution in [3.05, 3.63) is 52.8 Å². The van der Waals surface area contributed by atoms with Crippen LogP contribution in [0.25, 0.3) is 0 Å². The van der Waals surface area contributed by atoms with Gasteiger partial charge < -0.3 is 10.4 Å². The molecule has 0 spiro atoms. The van der Waals surface area contributed by atoms with Gasteiger partial charge in [-0.05, 0) is 43.7 Å². The summed E-state index contributed by atoms with van der Waals surface area (Å²) < 4.78 is 27.2. The Labute approximate surface area is 165 Å². The van der Waals surface area contributed by atoms with Gasteiger partial charge in [0.2, 0.25) is 5.95 Å². The van der Waals surface area contributed by atoms with E-state index in [4.69, 9.17) is 0 Å². The zero-order valence-electron chi connectivity index (χ0n) is 15.0. The Bertz CT molecular complexity index is 1110. The summed E-state index contributed by atoms with van der Waals surface area (Å²) in [5.41, 5.74) is 1.73. The lowest BCUT2D eigenvalue weighted by molar-refractivity contribution is 0.0700. The van der Waals surface area contributed by atoms with Gasteiger partial charge in [-0.25, -0.2) is 32.9 Å². The number of nitrogens with one attached hydrogen (secondary N) is 2. The van der Waals surface area contributed by atoms with Crippen LogP contribution in [0.5, 0.6) is 0 Å². The molecule has 9 nitrogen and oxygen atoms in total. The van der Waals surface area contributed by atoms with Crippen LogP contribution in [-0.2, 0) is 16.4 Å². The number of nitrogens with zero attached hydrogens (tertiary/aromatic N) is 3. The molecule has 0 radical (unpaired) electrons. The van der Waals surface area contributed by atoms with Crippen LogP contribution in [0.3, 0.4) is 0 Å². The molecule has 146 valence electrons. The van der Waals surface area contributed by atoms with Crippen molar-refractivity contribution in [2.24, 2.45) is 0 Å². The van der Waals surface area contributed by atoms with E-state index in [2.05, 4.69) is 25.0 Å². The van der Waals surface area contributed by atoms with Crippen molar-refractivity contribution in [2.75, 3.05) is 10.0 Å². The third-order valence-corrected chi connectivity index (χ3v) is 6.01. The van der Waals surface area contributed by atoms with Gasteiger partial charge in [0.05, 0.1) is 10.6 Å². The minimum atomic E-state index is -3.83. The van der Waals surface area contributed by atoms with Crippen molar-refractivity contribution < 1.29 is 18.3 Å². The Balaban J connectivity index is 1.77. The van der Waals surface area contributed by atoms with Gasteiger partial charge in [0.15, 0.2) is 5.13 Å². The number of rotatable bonds is 7. The van der Waals surface area contributed by atoms with Crippen molar-refractivity contribution in [3.8, 4) is 0 Å². The number of carbonyl (C=O) groups is 1. The van der Waals surface area contributed by atoms with Gasteiger partial charge >= 0.3 is 5.97 Å². The molecule has 0 bridgehead atoms. The SMILES string of the molecule is CCc1nc(Nc2ccc(S(=O)(=O)Nc3nccc(C)n3)cc2)sc1C(=O)O. The summed E-state index contributed by atoms with van der Waals surface area (Å²) in [5, 5.41) is 12.6. The minimum absolute atomic E-state index is 0.00159. The van der Waals surface area contributed by atoms with Crippen LogP contribution in [0.4, 0.5) is 16.8 Å². The van der Waals surface area contributed by atoms with Crippen molar-refractivity contribution in [3.63, 3.8) is 0 Å². The lowest BCUT2D eigenvalue weighted by atomic mass is 10.3. The molecule has 0 unspecified atom stereocenters. The highest BCUT2D eigenvalue weighted by Gasteiger charge is 2.17. The van der Waals surface area contributed by atoms with Gasteiger partial charge in [0.1, 0.15) is 4.88 Å². The summed E-state index contributed by atoms with van der Waals surface area (Å²) in [7, 11) is -3.83. The number of hydrogen-bond acceptors (Lipinski definition) is 8. The third-order valence-electron chi connectivity index (χ3n) is 3.66. The first-order valence-electron chi connectivity index (χ1n) is 8.21. The quantitative estimate of drug-likeness (QED) is 0.532. The fraction of sp³-hybridized carbons (Fsp3) is 0.176. The molecular weight excluding hydrogens is 402 g/mol. The summed E-state index contributed by atoms with van der Waals surface area (Å²) in [6.07, 6.45) is 1.97. The van der Waals surface area contributed by atoms with Crippen LogP contribution in [0.1, 0.15) is 28.0 Å². The number of carboxylic acids is 1. The van der Waals surface area contributed by atoms with E-state index in [1.54, 1.807) is 25.1 Å². The summed E-state index contributed by atoms with van der Waals surface area (Å²) in [6.45, 7) is 3.56. The number of hydrogen-bond donors (Lipinski definition) is 3. The van der Waals surface area contributed by atoms with Crippen LogP contribution in [0, 0.1) is 6.92 Å². The zero-order chi connectivity index (χ0) is 20.3. The Kier molecular flexibility index (Phi) is 5.56. The maximum Gasteiger partial charge on any atom is 0.347 e. The summed E-state index contributed by atoms with van der Waals surface area (Å²) >= 11 is 1.03. The van der Waals surface area contributed by atoms with Gasteiger partial charge in [0.25, 0.3) is 10.0 Å². The average Bonchev–Trinajstić information content (AvgIpc) is 3.05. The first kappa shape index (κ1) is 19.7. The van der Waals surface area contributed by atoms with E-state index < -0.39 is 16.0 Å². The predicted octanol–water partition coefficient (Wildman–Crippen LogP) is 3.05. The van der Waals surface area contributed by atoms with Crippen molar-refractivity contribution >= 4 is 44.1 Å². The van der Waals surface area contributed by atoms with Crippen LogP contribution in [0.2, 0.25) is 0 Å². The van der Waals surface area contributed by atoms with E-state index in [0.29, 0.717) is 28.6 Å². The molecular formula is C17H17N5O4S2. The fourth-order valence-electron chi connectivity index (χ4n) is 2.33. The monoisotopic (exact) mass is 419 g/mol. The molecule has 0 aliphatic carbocycles. The zero-order valence-corrected chi connectivity index (χ0v) is 16.6. The van der Waals surface area contributed by atoms with E-state index in [-0.39, 0.29) is 15.7 Å². The number of sulfonamides is 1. The standard InChI is InChI=1S/C17H17N5O4S2/c1-3-13-14(15(23)24)27-17(21-13)20-11-4-6-12(7-5-11)28(25,26)22-16-18-9-8-10(2)19-16/h4-9H,3H2,1-2H3,(H,20,21)(H,23,24)(H,18,19,22). The van der Waals surface area contributed by atoms with Gasteiger partial charge in [-0.1, -0.05) is 18.3 Å². The highest BCUT2D eigenvalue weighted by Crippen LogP contribution is 2.27. The van der Waals surface area contributed by atoms with Crippen LogP contribution in [0.15, 0.2) is 41.4 Å². The molecule has 3 aromatic rings. The van der Waals surface area contributed by atoms with E-state index in [9.17, 15) is 18.3 Å². The van der Waals surface area contributed by atoms with Crippen LogP contribution >= 0.6 is 11.3 Å². The molecule has 0 saturated heterocycles. The summed E-state index contributed by atoms with van der Waals surface area (Å²) in [6, 6.07) is 7.65. The number of aromatic carboxylic acids is 1. The Morgan fingerprint density at radius 3 is 2.46 bits per heavy atom. The molecule has 0 fully saturated rings. The smallest absolute Gasteiger partial charge is 0.347 e. The van der Waals surface area contributed by atoms with E-state index in [1.165, 1.54) is 18.3 Å². The second-order valence-corrected chi connectivity index (χ2v) is 8.41. The average molecular weight is 419 g/mol. The number of carboxylic acid groups (broad SMARTS) is 1. The van der Waals surface area contributed by atoms with E-state index in [1.807, 2.05) is 6.92 Å². The van der Waals surface area contributed by atoms with Crippen molar-refractivity contribution in [1.82, 2.24) is 15.0 Å². The van der Waals surface area contributed by atoms with Gasteiger partial charge in [-0.3, -0.25) is 0 Å². The van der Waals surface area contributed by atoms with E-state index >= 15 is 0 Å². The third kappa shape index (κ3) is 4.43. The van der Waals surface area contributed by atoms with Gasteiger partial charge in [0, 0.05) is 17.6 Å². The molecule has 11 heteroatoms. The second-order valence-electron chi connectivity index (χ2n) is 5.73. The number of aromatic nitrogens is 3. The molecule has 2 heterocycles. The molecule has 0 saturated carbocycles. The maximum absolute atomic E-state index is 12.5. The normalized spacial score (nSPS) is 11.2. The highest BCUT2D eigenvalue weighted by molar-refractivity contribution is 7.92. The number of aryl methyl sites for hydroxylation is 2. The van der Waals surface area contributed by atoms with Gasteiger partial charge in [-0.15, -0.1) is 0 Å². The molecule has 2 aromatic heterocycles. The first-order valence-corrected chi connectivity index (χ1v) is 10.5. The first-order chi connectivity index (χ1) is 13.3. The molecule has 0 aliphatic rings. The van der Waals surface area contributed by atoms with Crippen molar-refractivity contribution in [1.29, 1.82) is 0 Å². The van der Waals surface area contributed by atoms with Gasteiger partial charge in [-0.2, -0.15) is 0 Å². The molecule has 0 aliphatic heterocycles. The van der Waals surface area contributed by atoms with Crippen molar-refractivity contribution in [2.45, 2.75) is 25.2 Å². The summed E-state index contributed by atoms with van der Waals surface area (Å²) in [4.78, 5) is 23.6. The molecule has 0 atom stereocenters. The predicted molar refractivity (Wildman–Crippen MR) is 106 cm³/mol. The van der Waals surface area contributed by atoms with Crippen LogP contribution < -0.4 is 10.0 Å². The topological polar surface area (TPSA) is 134 Å². The lowest BCUT2D eigenvalue weighted by Crippen LogP contribution is -2.15. The largest absolute Gasteiger partial charge is 0.477 e. The summed E-state index contributed by atoms with van der Waals surface area (Å²) in [5.74, 6) is -1.02. The fourth-order valence-corrected chi connectivity index (χ4v) is 4.19. The number of anilines is 3. The highest BCUT2D eigenvalue weighted by atomic mass is 32.2. The molecule has 3 N–H and O–H groups in total. The number of thiazole rings is 1. The van der Waals surface area contributed by atoms with E-state index in [0.717, 1.165) is 11.3 Å². The lowest BCUT2D eigenvalue weighted by Gasteiger charge is -2.08. The Hall–Kier alpha value is -3.05. The minimum Gasteiger partial charge on any atom is -0.477 e. The Morgan fingerprint density at radius 2 is 1.89 bits per heavy atom. The van der Waals surface area contributed by atoms with Crippen LogP contribution in [-0.4, -0.2) is 34.4 Å². The molecule has 28 heavy (non-hydrogen) atoms. The molecule has 0 amide bonds.